The second-order valence-corrected chi connectivity index (χ2v) is 12.2. The predicted octanol–water partition coefficient (Wildman–Crippen LogP) is -1.58. The molecule has 0 saturated heterocycles. The summed E-state index contributed by atoms with van der Waals surface area (Å²) in [4.78, 5) is 49.2. The molecule has 14 heteroatoms. The first-order valence-corrected chi connectivity index (χ1v) is 14.2. The van der Waals surface area contributed by atoms with E-state index in [1.807, 2.05) is 26.0 Å². The molecule has 1 amide bonds. The largest absolute Gasteiger partial charge is 1.00 e. The number of rotatable bonds is 11. The summed E-state index contributed by atoms with van der Waals surface area (Å²) in [5.41, 5.74) is 1.97. The molecule has 36 heavy (non-hydrogen) atoms. The summed E-state index contributed by atoms with van der Waals surface area (Å²) < 4.78 is 22.8. The predicted molar refractivity (Wildman–Crippen MR) is 130 cm³/mol. The minimum absolute atomic E-state index is 0. The van der Waals surface area contributed by atoms with E-state index in [9.17, 15) is 43.7 Å². The van der Waals surface area contributed by atoms with Gasteiger partial charge in [-0.25, -0.2) is 0 Å². The number of anilines is 1. The van der Waals surface area contributed by atoms with E-state index in [4.69, 9.17) is 0 Å². The number of hydrogen-bond acceptors (Lipinski definition) is 5. The van der Waals surface area contributed by atoms with Crippen LogP contribution in [0.5, 0.6) is 11.5 Å². The van der Waals surface area contributed by atoms with Gasteiger partial charge in [-0.05, 0) is 66.5 Å². The third-order valence-corrected chi connectivity index (χ3v) is 9.69. The van der Waals surface area contributed by atoms with E-state index in [1.165, 1.54) is 6.07 Å². The van der Waals surface area contributed by atoms with E-state index in [0.717, 1.165) is 24.0 Å². The molecule has 0 saturated carbocycles. The van der Waals surface area contributed by atoms with Crippen molar-refractivity contribution >= 4 is 26.8 Å². The minimum Gasteiger partial charge on any atom is -1.00 e. The molecule has 0 radical (unpaired) electrons. The second-order valence-electron chi connectivity index (χ2n) is 8.14. The smallest absolute Gasteiger partial charge is 1.00 e. The number of phenols is 2. The maximum absolute atomic E-state index is 12.4. The summed E-state index contributed by atoms with van der Waals surface area (Å²) in [6.45, 7) is 4.06. The fraction of sp³-hybridized carbons (Fsp3) is 0.409. The summed E-state index contributed by atoms with van der Waals surface area (Å²) in [6.07, 6.45) is 0.270. The Hall–Kier alpha value is -0.190. The molecule has 2 unspecified atom stereocenters. The molecule has 0 aliphatic heterocycles. The number of carbonyl (C=O) groups excluding carboxylic acids is 1. The topological polar surface area (TPSA) is 185 Å². The minimum atomic E-state index is -5.13. The maximum Gasteiger partial charge on any atom is 1.00 e. The van der Waals surface area contributed by atoms with Crippen LogP contribution in [0, 0.1) is 0 Å². The first kappa shape index (κ1) is 35.8. The van der Waals surface area contributed by atoms with Gasteiger partial charge in [-0.1, -0.05) is 32.0 Å². The van der Waals surface area contributed by atoms with Crippen molar-refractivity contribution in [3.63, 3.8) is 0 Å². The van der Waals surface area contributed by atoms with Gasteiger partial charge in [0.15, 0.2) is 5.40 Å². The zero-order valence-electron chi connectivity index (χ0n) is 22.9. The van der Waals surface area contributed by atoms with Gasteiger partial charge in [0, 0.05) is 6.42 Å². The van der Waals surface area contributed by atoms with Gasteiger partial charge >= 0.3 is 74.3 Å². The molecule has 0 spiro atoms. The molecule has 0 aromatic heterocycles. The molecule has 0 aliphatic carbocycles. The number of amides is 1. The Morgan fingerprint density at radius 1 is 0.861 bits per heavy atom. The summed E-state index contributed by atoms with van der Waals surface area (Å²) in [5, 5.41) is 20.0. The molecule has 192 valence electrons. The zero-order chi connectivity index (χ0) is 25.7. The van der Waals surface area contributed by atoms with Crippen LogP contribution in [0.4, 0.5) is 5.69 Å². The van der Waals surface area contributed by atoms with E-state index < -0.39 is 39.3 Å². The standard InChI is InChI=1S/C22H31NO9P2.2Na.2H/c1-3-17(14-5-8-16(24)9-6-14)18(4-2)15-7-10-20(25)19(13-15)23-21(26)11-12-22(33(27,28)29)34(30,31)32;;;;/h5-10,13,17-18,22,24-25H,3-4,11-12H2,1-2H3,(H,23,26)(H2,27,28,29)(H2,30,31,32);;;;/q;2*+1;2*-1. The molecular weight excluding hydrogens is 530 g/mol. The molecule has 0 fully saturated rings. The van der Waals surface area contributed by atoms with E-state index in [0.29, 0.717) is 0 Å². The summed E-state index contributed by atoms with van der Waals surface area (Å²) in [6, 6.07) is 11.8. The fourth-order valence-corrected chi connectivity index (χ4v) is 6.61. The zero-order valence-corrected chi connectivity index (χ0v) is 26.7. The number of aromatic hydroxyl groups is 2. The SMILES string of the molecule is CCC(c1ccc(O)cc1)C(CC)c1ccc(O)c(NC(=O)CCC(P(=O)(O)O)P(=O)(O)O)c1.[H-].[H-].[Na+].[Na+]. The molecule has 0 aliphatic rings. The third kappa shape index (κ3) is 10.2. The molecule has 7 N–H and O–H groups in total. The van der Waals surface area contributed by atoms with Crippen LogP contribution in [-0.4, -0.2) is 41.1 Å². The normalized spacial score (nSPS) is 13.3. The number of hydrogen-bond donors (Lipinski definition) is 7. The molecule has 2 aromatic carbocycles. The van der Waals surface area contributed by atoms with Gasteiger partial charge in [-0.3, -0.25) is 13.9 Å². The Morgan fingerprint density at radius 3 is 1.81 bits per heavy atom. The average molecular weight is 563 g/mol. The molecule has 0 heterocycles. The average Bonchev–Trinajstić information content (AvgIpc) is 2.72. The Labute approximate surface area is 257 Å². The van der Waals surface area contributed by atoms with Crippen molar-refractivity contribution in [2.75, 3.05) is 5.32 Å². The molecule has 2 atom stereocenters. The Kier molecular flexibility index (Phi) is 15.3. The van der Waals surface area contributed by atoms with Gasteiger partial charge in [0.05, 0.1) is 5.69 Å². The van der Waals surface area contributed by atoms with Gasteiger partial charge in [0.25, 0.3) is 0 Å². The van der Waals surface area contributed by atoms with E-state index >= 15 is 0 Å². The van der Waals surface area contributed by atoms with Crippen LogP contribution < -0.4 is 64.4 Å². The van der Waals surface area contributed by atoms with Gasteiger partial charge in [0.1, 0.15) is 11.5 Å². The van der Waals surface area contributed by atoms with Crippen molar-refractivity contribution in [1.82, 2.24) is 0 Å². The maximum atomic E-state index is 12.4. The number of carbonyl (C=O) groups is 1. The molecule has 2 rings (SSSR count). The van der Waals surface area contributed by atoms with Crippen LogP contribution >= 0.6 is 15.2 Å². The van der Waals surface area contributed by atoms with Crippen molar-refractivity contribution in [2.45, 2.75) is 56.8 Å². The van der Waals surface area contributed by atoms with Crippen LogP contribution in [0.15, 0.2) is 42.5 Å². The number of nitrogens with one attached hydrogen (secondary N) is 1. The van der Waals surface area contributed by atoms with E-state index in [2.05, 4.69) is 5.32 Å². The third-order valence-electron chi connectivity index (χ3n) is 5.82. The van der Waals surface area contributed by atoms with E-state index in [-0.39, 0.29) is 91.0 Å². The van der Waals surface area contributed by atoms with Crippen molar-refractivity contribution < 1.29 is 106 Å². The van der Waals surface area contributed by atoms with Crippen LogP contribution in [0.2, 0.25) is 0 Å². The second kappa shape index (κ2) is 15.4. The number of benzene rings is 2. The van der Waals surface area contributed by atoms with E-state index in [1.54, 1.807) is 24.3 Å². The summed E-state index contributed by atoms with van der Waals surface area (Å²) in [5.74, 6) is -0.671. The summed E-state index contributed by atoms with van der Waals surface area (Å²) >= 11 is 0. The van der Waals surface area contributed by atoms with Gasteiger partial charge in [0.2, 0.25) is 5.91 Å². The van der Waals surface area contributed by atoms with Crippen LogP contribution in [0.1, 0.15) is 65.3 Å². The Bertz CT molecular complexity index is 1080. The van der Waals surface area contributed by atoms with Crippen molar-refractivity contribution in [3.05, 3.63) is 53.6 Å². The fourth-order valence-electron chi connectivity index (χ4n) is 4.12. The van der Waals surface area contributed by atoms with Crippen LogP contribution in [-0.2, 0) is 13.9 Å². The molecule has 0 bridgehead atoms. The summed E-state index contributed by atoms with van der Waals surface area (Å²) in [7, 11) is -10.3. The molecule has 2 aromatic rings. The van der Waals surface area contributed by atoms with Gasteiger partial charge in [-0.15, -0.1) is 0 Å². The first-order chi connectivity index (χ1) is 15.8. The van der Waals surface area contributed by atoms with Crippen LogP contribution in [0.25, 0.3) is 0 Å². The van der Waals surface area contributed by atoms with Crippen molar-refractivity contribution in [1.29, 1.82) is 0 Å². The van der Waals surface area contributed by atoms with Crippen molar-refractivity contribution in [2.24, 2.45) is 0 Å². The monoisotopic (exact) mass is 563 g/mol. The van der Waals surface area contributed by atoms with Crippen LogP contribution in [0.3, 0.4) is 0 Å². The van der Waals surface area contributed by atoms with Gasteiger partial charge < -0.3 is 38.0 Å². The van der Waals surface area contributed by atoms with Crippen molar-refractivity contribution in [3.8, 4) is 11.5 Å². The molecular formula is C22H33NNa2O9P2. The first-order valence-electron chi connectivity index (χ1n) is 10.8. The van der Waals surface area contributed by atoms with Gasteiger partial charge in [-0.2, -0.15) is 0 Å². The Balaban J connectivity index is -0.00000306. The molecule has 10 nitrogen and oxygen atoms in total. The number of phenolic OH excluding ortho intramolecular Hbond substituents is 2. The quantitative estimate of drug-likeness (QED) is 0.0963. The Morgan fingerprint density at radius 2 is 1.33 bits per heavy atom.